The molecule has 0 saturated carbocycles. The summed E-state index contributed by atoms with van der Waals surface area (Å²) in [4.78, 5) is 13.9. The molecule has 21 heavy (non-hydrogen) atoms. The maximum absolute atomic E-state index is 11.5. The van der Waals surface area contributed by atoms with E-state index in [0.717, 1.165) is 36.9 Å². The number of nitrogens with zero attached hydrogens (tertiary/aromatic N) is 1. The number of hydrogen-bond donors (Lipinski definition) is 2. The first-order valence-corrected chi connectivity index (χ1v) is 7.93. The van der Waals surface area contributed by atoms with E-state index in [9.17, 15) is 4.79 Å². The topological polar surface area (TPSA) is 58.4 Å². The van der Waals surface area contributed by atoms with Crippen molar-refractivity contribution >= 4 is 34.2 Å². The van der Waals surface area contributed by atoms with Gasteiger partial charge in [-0.05, 0) is 30.5 Å². The Kier molecular flexibility index (Phi) is 8.26. The van der Waals surface area contributed by atoms with Crippen molar-refractivity contribution in [3.05, 3.63) is 34.3 Å². The van der Waals surface area contributed by atoms with E-state index >= 15 is 0 Å². The van der Waals surface area contributed by atoms with Gasteiger partial charge in [0.25, 0.3) is 0 Å². The zero-order valence-electron chi connectivity index (χ0n) is 12.1. The second kappa shape index (κ2) is 9.41. The predicted octanol–water partition coefficient (Wildman–Crippen LogP) is 2.30. The summed E-state index contributed by atoms with van der Waals surface area (Å²) in [6.07, 6.45) is 2.47. The van der Waals surface area contributed by atoms with Gasteiger partial charge in [-0.15, -0.1) is 12.4 Å². The largest absolute Gasteiger partial charge is 0.353 e. The minimum Gasteiger partial charge on any atom is -0.353 e. The Labute approximate surface area is 141 Å². The first kappa shape index (κ1) is 18.4. The van der Waals surface area contributed by atoms with Crippen molar-refractivity contribution in [2.45, 2.75) is 31.8 Å². The molecule has 0 aromatic heterocycles. The molecule has 0 spiro atoms. The Bertz CT molecular complexity index is 433. The van der Waals surface area contributed by atoms with E-state index in [4.69, 9.17) is 5.73 Å². The summed E-state index contributed by atoms with van der Waals surface area (Å²) in [6.45, 7) is 3.47. The summed E-state index contributed by atoms with van der Waals surface area (Å²) in [6, 6.07) is 8.78. The van der Waals surface area contributed by atoms with E-state index in [0.29, 0.717) is 19.0 Å². The number of benzene rings is 1. The van der Waals surface area contributed by atoms with Crippen LogP contribution in [0.15, 0.2) is 28.7 Å². The van der Waals surface area contributed by atoms with Crippen LogP contribution >= 0.6 is 28.3 Å². The quantitative estimate of drug-likeness (QED) is 0.829. The van der Waals surface area contributed by atoms with Crippen molar-refractivity contribution in [1.29, 1.82) is 0 Å². The molecule has 0 atom stereocenters. The first-order valence-electron chi connectivity index (χ1n) is 7.13. The highest BCUT2D eigenvalue weighted by Crippen LogP contribution is 2.16. The lowest BCUT2D eigenvalue weighted by Crippen LogP contribution is -2.44. The molecule has 1 aliphatic heterocycles. The van der Waals surface area contributed by atoms with E-state index in [2.05, 4.69) is 50.4 Å². The molecule has 1 aromatic carbocycles. The molecule has 4 nitrogen and oxygen atoms in total. The molecule has 1 aliphatic rings. The fourth-order valence-electron chi connectivity index (χ4n) is 2.51. The molecule has 2 rings (SSSR count). The van der Waals surface area contributed by atoms with Crippen LogP contribution in [0.2, 0.25) is 0 Å². The van der Waals surface area contributed by atoms with Crippen LogP contribution in [0.5, 0.6) is 0 Å². The lowest BCUT2D eigenvalue weighted by atomic mass is 10.0. The van der Waals surface area contributed by atoms with Crippen molar-refractivity contribution in [2.75, 3.05) is 19.6 Å². The van der Waals surface area contributed by atoms with E-state index in [1.54, 1.807) is 0 Å². The summed E-state index contributed by atoms with van der Waals surface area (Å²) in [5.74, 6) is 0.0823. The van der Waals surface area contributed by atoms with E-state index in [1.165, 1.54) is 5.56 Å². The Morgan fingerprint density at radius 3 is 2.48 bits per heavy atom. The lowest BCUT2D eigenvalue weighted by molar-refractivity contribution is -0.121. The SMILES string of the molecule is Cl.NCCC(=O)NC1CCN(Cc2ccc(Br)cc2)CC1. The van der Waals surface area contributed by atoms with Crippen molar-refractivity contribution < 1.29 is 4.79 Å². The van der Waals surface area contributed by atoms with Crippen LogP contribution in [0.4, 0.5) is 0 Å². The highest BCUT2D eigenvalue weighted by molar-refractivity contribution is 9.10. The number of nitrogens with one attached hydrogen (secondary N) is 1. The highest BCUT2D eigenvalue weighted by Gasteiger charge is 2.20. The van der Waals surface area contributed by atoms with Crippen molar-refractivity contribution in [1.82, 2.24) is 10.2 Å². The molecule has 1 aromatic rings. The van der Waals surface area contributed by atoms with Gasteiger partial charge >= 0.3 is 0 Å². The van der Waals surface area contributed by atoms with Gasteiger partial charge in [-0.2, -0.15) is 0 Å². The Hall–Kier alpha value is -0.620. The number of hydrogen-bond acceptors (Lipinski definition) is 3. The first-order chi connectivity index (χ1) is 9.67. The summed E-state index contributed by atoms with van der Waals surface area (Å²) in [7, 11) is 0. The normalized spacial score (nSPS) is 16.3. The van der Waals surface area contributed by atoms with Gasteiger partial charge in [-0.1, -0.05) is 28.1 Å². The number of piperidine rings is 1. The van der Waals surface area contributed by atoms with Gasteiger partial charge < -0.3 is 11.1 Å². The number of rotatable bonds is 5. The molecular formula is C15H23BrClN3O. The van der Waals surface area contributed by atoms with Crippen LogP contribution in [0.1, 0.15) is 24.8 Å². The molecule has 1 heterocycles. The third kappa shape index (κ3) is 6.34. The highest BCUT2D eigenvalue weighted by atomic mass is 79.9. The van der Waals surface area contributed by atoms with E-state index in [-0.39, 0.29) is 18.3 Å². The molecule has 0 aliphatic carbocycles. The molecule has 1 saturated heterocycles. The molecule has 3 N–H and O–H groups in total. The number of likely N-dealkylation sites (tertiary alicyclic amines) is 1. The van der Waals surface area contributed by atoms with Gasteiger partial charge in [0.05, 0.1) is 0 Å². The van der Waals surface area contributed by atoms with Crippen LogP contribution in [-0.2, 0) is 11.3 Å². The summed E-state index contributed by atoms with van der Waals surface area (Å²) >= 11 is 3.45. The molecular weight excluding hydrogens is 354 g/mol. The van der Waals surface area contributed by atoms with Gasteiger partial charge in [0, 0.05) is 43.1 Å². The number of halogens is 2. The third-order valence-electron chi connectivity index (χ3n) is 3.64. The summed E-state index contributed by atoms with van der Waals surface area (Å²) in [5.41, 5.74) is 6.71. The van der Waals surface area contributed by atoms with Crippen LogP contribution in [0, 0.1) is 0 Å². The maximum Gasteiger partial charge on any atom is 0.221 e. The van der Waals surface area contributed by atoms with Crippen LogP contribution in [-0.4, -0.2) is 36.5 Å². The number of carbonyl (C=O) groups is 1. The zero-order valence-corrected chi connectivity index (χ0v) is 14.5. The standard InChI is InChI=1S/C15H22BrN3O.ClH/c16-13-3-1-12(2-4-13)11-19-9-6-14(7-10-19)18-15(20)5-8-17;/h1-4,14H,5-11,17H2,(H,18,20);1H. The molecule has 6 heteroatoms. The predicted molar refractivity (Wildman–Crippen MR) is 91.5 cm³/mol. The van der Waals surface area contributed by atoms with E-state index in [1.807, 2.05) is 0 Å². The summed E-state index contributed by atoms with van der Waals surface area (Å²) < 4.78 is 1.11. The van der Waals surface area contributed by atoms with Crippen molar-refractivity contribution in [2.24, 2.45) is 5.73 Å². The average molecular weight is 377 g/mol. The Morgan fingerprint density at radius 1 is 1.29 bits per heavy atom. The van der Waals surface area contributed by atoms with Crippen LogP contribution < -0.4 is 11.1 Å². The van der Waals surface area contributed by atoms with Crippen molar-refractivity contribution in [3.8, 4) is 0 Å². The van der Waals surface area contributed by atoms with Gasteiger partial charge in [-0.3, -0.25) is 9.69 Å². The van der Waals surface area contributed by atoms with Crippen LogP contribution in [0.3, 0.4) is 0 Å². The maximum atomic E-state index is 11.5. The number of carbonyl (C=O) groups excluding carboxylic acids is 1. The summed E-state index contributed by atoms with van der Waals surface area (Å²) in [5, 5.41) is 3.06. The van der Waals surface area contributed by atoms with Gasteiger partial charge in [0.2, 0.25) is 5.91 Å². The molecule has 1 amide bonds. The Morgan fingerprint density at radius 2 is 1.90 bits per heavy atom. The molecule has 0 radical (unpaired) electrons. The Balaban J connectivity index is 0.00000220. The number of nitrogens with two attached hydrogens (primary N) is 1. The minimum absolute atomic E-state index is 0. The second-order valence-electron chi connectivity index (χ2n) is 5.28. The van der Waals surface area contributed by atoms with Crippen LogP contribution in [0.25, 0.3) is 0 Å². The van der Waals surface area contributed by atoms with Crippen molar-refractivity contribution in [3.63, 3.8) is 0 Å². The third-order valence-corrected chi connectivity index (χ3v) is 4.17. The molecule has 0 unspecified atom stereocenters. The average Bonchev–Trinajstić information content (AvgIpc) is 2.44. The van der Waals surface area contributed by atoms with Gasteiger partial charge in [0.15, 0.2) is 0 Å². The molecule has 1 fully saturated rings. The zero-order chi connectivity index (χ0) is 14.4. The smallest absolute Gasteiger partial charge is 0.221 e. The van der Waals surface area contributed by atoms with Gasteiger partial charge in [-0.25, -0.2) is 0 Å². The molecule has 118 valence electrons. The van der Waals surface area contributed by atoms with E-state index < -0.39 is 0 Å². The fourth-order valence-corrected chi connectivity index (χ4v) is 2.78. The minimum atomic E-state index is 0. The van der Waals surface area contributed by atoms with Gasteiger partial charge in [0.1, 0.15) is 0 Å². The molecule has 0 bridgehead atoms. The lowest BCUT2D eigenvalue weighted by Gasteiger charge is -2.32. The fraction of sp³-hybridized carbons (Fsp3) is 0.533. The second-order valence-corrected chi connectivity index (χ2v) is 6.20. The number of amides is 1. The monoisotopic (exact) mass is 375 g/mol.